The van der Waals surface area contributed by atoms with E-state index in [-0.39, 0.29) is 29.2 Å². The summed E-state index contributed by atoms with van der Waals surface area (Å²) in [6, 6.07) is 1.57. The Morgan fingerprint density at radius 3 is 2.70 bits per heavy atom. The highest BCUT2D eigenvalue weighted by molar-refractivity contribution is 7.13. The third-order valence-corrected chi connectivity index (χ3v) is 7.53. The summed E-state index contributed by atoms with van der Waals surface area (Å²) in [5.74, 6) is -2.37. The molecule has 3 N–H and O–H groups in total. The summed E-state index contributed by atoms with van der Waals surface area (Å²) < 4.78 is 34.7. The van der Waals surface area contributed by atoms with E-state index < -0.39 is 23.4 Å². The minimum atomic E-state index is -0.911. The van der Waals surface area contributed by atoms with E-state index in [1.807, 2.05) is 0 Å². The molecule has 11 nitrogen and oxygen atoms in total. The van der Waals surface area contributed by atoms with Gasteiger partial charge in [0, 0.05) is 36.4 Å². The number of allylic oxidation sites excluding steroid dienone is 1. The molecule has 0 bridgehead atoms. The standard InChI is InChI=1S/C26H28F2N8O3S/c27-18-6-7-21(28)34-23(18)22(29)19(13-30-17-4-2-1-3-5-17)32-24(37)20-15-40-25(33-20)16-12-31-36(14-16)26(38)35-8-10-39-11-9-35/h6-7,12-15,17H,1-5,8-11,29H2,(H,32,37)/b22-19+,30-13?. The van der Waals surface area contributed by atoms with Crippen LogP contribution in [0.25, 0.3) is 16.3 Å². The van der Waals surface area contributed by atoms with Crippen LogP contribution in [0.15, 0.2) is 40.6 Å². The molecule has 4 heterocycles. The van der Waals surface area contributed by atoms with E-state index in [0.717, 1.165) is 44.2 Å². The first-order chi connectivity index (χ1) is 19.4. The van der Waals surface area contributed by atoms with Gasteiger partial charge in [0.1, 0.15) is 16.4 Å². The van der Waals surface area contributed by atoms with Crippen molar-refractivity contribution in [3.8, 4) is 10.6 Å². The molecule has 0 unspecified atom stereocenters. The van der Waals surface area contributed by atoms with Crippen molar-refractivity contribution >= 4 is 35.2 Å². The molecule has 2 fully saturated rings. The summed E-state index contributed by atoms with van der Waals surface area (Å²) in [6.07, 6.45) is 9.43. The van der Waals surface area contributed by atoms with E-state index in [4.69, 9.17) is 10.5 Å². The summed E-state index contributed by atoms with van der Waals surface area (Å²) >= 11 is 1.19. The number of pyridine rings is 1. The number of thiazole rings is 1. The van der Waals surface area contributed by atoms with Crippen LogP contribution in [0.1, 0.15) is 48.3 Å². The monoisotopic (exact) mass is 570 g/mol. The van der Waals surface area contributed by atoms with Gasteiger partial charge in [0.2, 0.25) is 5.95 Å². The van der Waals surface area contributed by atoms with Crippen molar-refractivity contribution < 1.29 is 23.1 Å². The van der Waals surface area contributed by atoms with Gasteiger partial charge in [-0.2, -0.15) is 14.2 Å². The van der Waals surface area contributed by atoms with E-state index in [2.05, 4.69) is 25.4 Å². The SMILES string of the molecule is N/C(=C(\C=NC1CCCCC1)NC(=O)c1csc(-c2cnn(C(=O)N3CCOCC3)c2)n1)c1nc(F)ccc1F. The van der Waals surface area contributed by atoms with Crippen LogP contribution in [0.4, 0.5) is 13.6 Å². The molecule has 3 aromatic heterocycles. The molecule has 1 saturated heterocycles. The van der Waals surface area contributed by atoms with Gasteiger partial charge in [-0.1, -0.05) is 19.3 Å². The van der Waals surface area contributed by atoms with E-state index in [1.165, 1.54) is 28.4 Å². The number of rotatable bonds is 6. The third-order valence-electron chi connectivity index (χ3n) is 6.64. The average molecular weight is 571 g/mol. The molecule has 2 aliphatic rings. The Balaban J connectivity index is 1.36. The van der Waals surface area contributed by atoms with Crippen LogP contribution in [0.3, 0.4) is 0 Å². The molecule has 1 saturated carbocycles. The summed E-state index contributed by atoms with van der Waals surface area (Å²) in [5, 5.41) is 8.80. The number of aromatic nitrogens is 4. The van der Waals surface area contributed by atoms with Crippen molar-refractivity contribution in [1.82, 2.24) is 30.0 Å². The smallest absolute Gasteiger partial charge is 0.344 e. The Morgan fingerprint density at radius 1 is 1.15 bits per heavy atom. The number of aliphatic imine (C=N–C) groups is 1. The number of morpholine rings is 1. The van der Waals surface area contributed by atoms with Crippen LogP contribution in [0.5, 0.6) is 0 Å². The Kier molecular flexibility index (Phi) is 8.55. The molecule has 0 aromatic carbocycles. The van der Waals surface area contributed by atoms with E-state index >= 15 is 0 Å². The number of ether oxygens (including phenoxy) is 1. The van der Waals surface area contributed by atoms with Crippen molar-refractivity contribution in [2.24, 2.45) is 10.7 Å². The van der Waals surface area contributed by atoms with Gasteiger partial charge in [-0.05, 0) is 25.0 Å². The summed E-state index contributed by atoms with van der Waals surface area (Å²) in [4.78, 5) is 40.0. The Bertz CT molecular complexity index is 1440. The fourth-order valence-corrected chi connectivity index (χ4v) is 5.22. The number of hydrogen-bond acceptors (Lipinski definition) is 9. The number of carbonyl (C=O) groups is 2. The minimum Gasteiger partial charge on any atom is -0.395 e. The van der Waals surface area contributed by atoms with Crippen molar-refractivity contribution in [1.29, 1.82) is 0 Å². The van der Waals surface area contributed by atoms with E-state index in [1.54, 1.807) is 16.5 Å². The molecule has 14 heteroatoms. The lowest BCUT2D eigenvalue weighted by Gasteiger charge is -2.26. The number of hydrogen-bond donors (Lipinski definition) is 2. The fourth-order valence-electron chi connectivity index (χ4n) is 4.45. The maximum atomic E-state index is 14.5. The maximum Gasteiger partial charge on any atom is 0.344 e. The molecular formula is C26H28F2N8O3S. The number of nitrogens with zero attached hydrogens (tertiary/aromatic N) is 6. The highest BCUT2D eigenvalue weighted by Crippen LogP contribution is 2.24. The topological polar surface area (TPSA) is 141 Å². The molecule has 1 aliphatic heterocycles. The second-order valence-corrected chi connectivity index (χ2v) is 10.3. The van der Waals surface area contributed by atoms with E-state index in [9.17, 15) is 18.4 Å². The van der Waals surface area contributed by atoms with Gasteiger partial charge in [0.25, 0.3) is 5.91 Å². The van der Waals surface area contributed by atoms with Crippen LogP contribution in [-0.4, -0.2) is 75.1 Å². The largest absolute Gasteiger partial charge is 0.395 e. The second-order valence-electron chi connectivity index (χ2n) is 9.41. The van der Waals surface area contributed by atoms with Crippen molar-refractivity contribution in [2.45, 2.75) is 38.1 Å². The molecule has 0 spiro atoms. The van der Waals surface area contributed by atoms with Gasteiger partial charge in [-0.3, -0.25) is 9.79 Å². The van der Waals surface area contributed by atoms with Gasteiger partial charge < -0.3 is 20.7 Å². The molecule has 0 radical (unpaired) electrons. The Morgan fingerprint density at radius 2 is 1.93 bits per heavy atom. The summed E-state index contributed by atoms with van der Waals surface area (Å²) in [5.41, 5.74) is 6.10. The van der Waals surface area contributed by atoms with Gasteiger partial charge in [-0.15, -0.1) is 11.3 Å². The lowest BCUT2D eigenvalue weighted by atomic mass is 9.96. The highest BCUT2D eigenvalue weighted by atomic mass is 32.1. The average Bonchev–Trinajstić information content (AvgIpc) is 3.67. The highest BCUT2D eigenvalue weighted by Gasteiger charge is 2.22. The molecule has 5 rings (SSSR count). The molecule has 2 amide bonds. The molecular weight excluding hydrogens is 542 g/mol. The first kappa shape index (κ1) is 27.5. The Labute approximate surface area is 232 Å². The number of nitrogens with one attached hydrogen (secondary N) is 1. The lowest BCUT2D eigenvalue weighted by molar-refractivity contribution is 0.0528. The van der Waals surface area contributed by atoms with E-state index in [0.29, 0.717) is 36.9 Å². The van der Waals surface area contributed by atoms with Crippen LogP contribution in [-0.2, 0) is 4.74 Å². The summed E-state index contributed by atoms with van der Waals surface area (Å²) in [6.45, 7) is 1.90. The van der Waals surface area contributed by atoms with Crippen LogP contribution >= 0.6 is 11.3 Å². The first-order valence-corrected chi connectivity index (χ1v) is 13.8. The molecule has 3 aromatic rings. The second kappa shape index (κ2) is 12.4. The summed E-state index contributed by atoms with van der Waals surface area (Å²) in [7, 11) is 0. The van der Waals surface area contributed by atoms with Gasteiger partial charge in [-0.25, -0.2) is 19.2 Å². The Hall–Kier alpha value is -4.04. The normalized spacial score (nSPS) is 17.2. The van der Waals surface area contributed by atoms with Crippen LogP contribution in [0.2, 0.25) is 0 Å². The zero-order valence-electron chi connectivity index (χ0n) is 21.6. The van der Waals surface area contributed by atoms with Gasteiger partial charge in [0.15, 0.2) is 5.82 Å². The molecule has 0 atom stereocenters. The van der Waals surface area contributed by atoms with Crippen molar-refractivity contribution in [2.75, 3.05) is 26.3 Å². The first-order valence-electron chi connectivity index (χ1n) is 12.9. The minimum absolute atomic E-state index is 0.00829. The quantitative estimate of drug-likeness (QED) is 0.342. The molecule has 40 heavy (non-hydrogen) atoms. The molecule has 210 valence electrons. The number of carbonyl (C=O) groups excluding carboxylic acids is 2. The zero-order valence-corrected chi connectivity index (χ0v) is 22.4. The molecule has 1 aliphatic carbocycles. The predicted molar refractivity (Wildman–Crippen MR) is 145 cm³/mol. The third kappa shape index (κ3) is 6.39. The predicted octanol–water partition coefficient (Wildman–Crippen LogP) is 3.44. The maximum absolute atomic E-state index is 14.5. The van der Waals surface area contributed by atoms with Crippen molar-refractivity contribution in [3.63, 3.8) is 0 Å². The number of nitrogens with two attached hydrogens (primary N) is 1. The fraction of sp³-hybridized carbons (Fsp3) is 0.385. The van der Waals surface area contributed by atoms with Gasteiger partial charge >= 0.3 is 6.03 Å². The lowest BCUT2D eigenvalue weighted by Crippen LogP contribution is -2.43. The number of amides is 2. The number of halogens is 2. The van der Waals surface area contributed by atoms with Crippen LogP contribution in [0, 0.1) is 11.8 Å². The van der Waals surface area contributed by atoms with Crippen LogP contribution < -0.4 is 11.1 Å². The van der Waals surface area contributed by atoms with Gasteiger partial charge in [0.05, 0.1) is 36.8 Å². The van der Waals surface area contributed by atoms with Crippen molar-refractivity contribution in [3.05, 3.63) is 58.8 Å². The zero-order chi connectivity index (χ0) is 28.1.